The van der Waals surface area contributed by atoms with Gasteiger partial charge >= 0.3 is 0 Å². The van der Waals surface area contributed by atoms with E-state index in [0.717, 1.165) is 23.4 Å². The lowest BCUT2D eigenvalue weighted by atomic mass is 10.1. The summed E-state index contributed by atoms with van der Waals surface area (Å²) in [6, 6.07) is 8.78. The molecule has 0 aliphatic heterocycles. The average Bonchev–Trinajstić information content (AvgIpc) is 2.81. The summed E-state index contributed by atoms with van der Waals surface area (Å²) in [6.07, 6.45) is 5.00. The Kier molecular flexibility index (Phi) is 4.76. The van der Waals surface area contributed by atoms with Crippen molar-refractivity contribution in [2.75, 3.05) is 0 Å². The molecule has 18 heavy (non-hydrogen) atoms. The Balaban J connectivity index is 1.92. The molecule has 98 valence electrons. The number of H-pyrrole nitrogens is 1. The molecule has 0 bridgehead atoms. The first-order valence-electron chi connectivity index (χ1n) is 7.00. The van der Waals surface area contributed by atoms with Crippen LogP contribution in [0.1, 0.15) is 45.4 Å². The van der Waals surface area contributed by atoms with E-state index in [4.69, 9.17) is 0 Å². The maximum Gasteiger partial charge on any atom is 0.121 e. The Hall–Kier alpha value is -1.35. The van der Waals surface area contributed by atoms with Crippen molar-refractivity contribution < 1.29 is 0 Å². The van der Waals surface area contributed by atoms with Crippen LogP contribution in [-0.2, 0) is 6.54 Å². The Morgan fingerprint density at radius 1 is 1.28 bits per heavy atom. The molecule has 1 aromatic carbocycles. The summed E-state index contributed by atoms with van der Waals surface area (Å²) < 4.78 is 0. The first kappa shape index (κ1) is 13.1. The van der Waals surface area contributed by atoms with Crippen LogP contribution in [0.25, 0.3) is 11.0 Å². The van der Waals surface area contributed by atoms with Gasteiger partial charge in [-0.1, -0.05) is 38.8 Å². The summed E-state index contributed by atoms with van der Waals surface area (Å²) >= 11 is 0. The molecule has 2 rings (SSSR count). The number of nitrogens with zero attached hydrogens (tertiary/aromatic N) is 1. The fraction of sp³-hybridized carbons (Fsp3) is 0.533. The van der Waals surface area contributed by atoms with Gasteiger partial charge in [-0.25, -0.2) is 4.98 Å². The van der Waals surface area contributed by atoms with Crippen LogP contribution in [0.15, 0.2) is 24.3 Å². The molecule has 3 nitrogen and oxygen atoms in total. The minimum Gasteiger partial charge on any atom is -0.341 e. The number of imidazole rings is 1. The zero-order chi connectivity index (χ0) is 12.8. The molecule has 3 heteroatoms. The normalized spacial score (nSPS) is 13.0. The topological polar surface area (TPSA) is 40.7 Å². The molecule has 2 aromatic rings. The van der Waals surface area contributed by atoms with E-state index in [1.165, 1.54) is 25.7 Å². The van der Waals surface area contributed by atoms with E-state index >= 15 is 0 Å². The van der Waals surface area contributed by atoms with Crippen molar-refractivity contribution in [3.8, 4) is 0 Å². The van der Waals surface area contributed by atoms with Gasteiger partial charge < -0.3 is 10.3 Å². The van der Waals surface area contributed by atoms with Crippen molar-refractivity contribution in [2.45, 2.75) is 52.1 Å². The minimum absolute atomic E-state index is 0.609. The number of benzene rings is 1. The Bertz CT molecular complexity index is 442. The highest BCUT2D eigenvalue weighted by Crippen LogP contribution is 2.11. The third-order valence-electron chi connectivity index (χ3n) is 3.40. The molecule has 0 aliphatic rings. The summed E-state index contributed by atoms with van der Waals surface area (Å²) in [7, 11) is 0. The quantitative estimate of drug-likeness (QED) is 0.782. The lowest BCUT2D eigenvalue weighted by molar-refractivity contribution is 0.447. The molecule has 0 saturated carbocycles. The summed E-state index contributed by atoms with van der Waals surface area (Å²) in [5, 5.41) is 3.59. The number of aromatic nitrogens is 2. The van der Waals surface area contributed by atoms with Gasteiger partial charge in [0.2, 0.25) is 0 Å². The largest absolute Gasteiger partial charge is 0.341 e. The number of para-hydroxylation sites is 2. The van der Waals surface area contributed by atoms with Gasteiger partial charge in [0, 0.05) is 6.04 Å². The van der Waals surface area contributed by atoms with Crippen molar-refractivity contribution in [1.29, 1.82) is 0 Å². The second kappa shape index (κ2) is 6.55. The van der Waals surface area contributed by atoms with Crippen LogP contribution in [0.2, 0.25) is 0 Å². The molecular weight excluding hydrogens is 222 g/mol. The van der Waals surface area contributed by atoms with E-state index in [-0.39, 0.29) is 0 Å². The van der Waals surface area contributed by atoms with Crippen LogP contribution >= 0.6 is 0 Å². The van der Waals surface area contributed by atoms with E-state index < -0.39 is 0 Å². The maximum absolute atomic E-state index is 4.58. The smallest absolute Gasteiger partial charge is 0.121 e. The van der Waals surface area contributed by atoms with Crippen molar-refractivity contribution in [3.63, 3.8) is 0 Å². The molecule has 0 radical (unpaired) electrons. The average molecular weight is 245 g/mol. The van der Waals surface area contributed by atoms with Gasteiger partial charge in [-0.3, -0.25) is 0 Å². The zero-order valence-corrected chi connectivity index (χ0v) is 11.4. The fourth-order valence-electron chi connectivity index (χ4n) is 2.23. The summed E-state index contributed by atoms with van der Waals surface area (Å²) in [5.74, 6) is 1.03. The first-order valence-corrected chi connectivity index (χ1v) is 7.00. The third-order valence-corrected chi connectivity index (χ3v) is 3.40. The molecule has 0 spiro atoms. The summed E-state index contributed by atoms with van der Waals surface area (Å²) in [6.45, 7) is 5.31. The molecule has 0 fully saturated rings. The van der Waals surface area contributed by atoms with Gasteiger partial charge in [-0.2, -0.15) is 0 Å². The number of hydrogen-bond donors (Lipinski definition) is 2. The first-order chi connectivity index (χ1) is 8.83. The van der Waals surface area contributed by atoms with Crippen molar-refractivity contribution in [2.24, 2.45) is 0 Å². The molecule has 1 unspecified atom stereocenters. The van der Waals surface area contributed by atoms with E-state index in [9.17, 15) is 0 Å². The van der Waals surface area contributed by atoms with E-state index in [2.05, 4.69) is 35.2 Å². The standard InChI is InChI=1S/C15H23N3/c1-3-5-8-12(4-2)16-11-15-17-13-9-6-7-10-14(13)18-15/h6-7,9-10,12,16H,3-5,8,11H2,1-2H3,(H,17,18). The van der Waals surface area contributed by atoms with Crippen LogP contribution in [0.5, 0.6) is 0 Å². The molecule has 2 N–H and O–H groups in total. The Labute approximate surface area is 109 Å². The minimum atomic E-state index is 0.609. The Morgan fingerprint density at radius 3 is 2.83 bits per heavy atom. The van der Waals surface area contributed by atoms with Gasteiger partial charge in [-0.15, -0.1) is 0 Å². The van der Waals surface area contributed by atoms with Crippen molar-refractivity contribution in [1.82, 2.24) is 15.3 Å². The van der Waals surface area contributed by atoms with E-state index in [1.807, 2.05) is 18.2 Å². The SMILES string of the molecule is CCCCC(CC)NCc1nc2ccccc2[nH]1. The second-order valence-corrected chi connectivity index (χ2v) is 4.83. The van der Waals surface area contributed by atoms with Gasteiger partial charge in [0.25, 0.3) is 0 Å². The predicted molar refractivity (Wildman–Crippen MR) is 76.5 cm³/mol. The van der Waals surface area contributed by atoms with Crippen LogP contribution in [-0.4, -0.2) is 16.0 Å². The van der Waals surface area contributed by atoms with Crippen LogP contribution in [0, 0.1) is 0 Å². The number of hydrogen-bond acceptors (Lipinski definition) is 2. The van der Waals surface area contributed by atoms with Crippen molar-refractivity contribution in [3.05, 3.63) is 30.1 Å². The summed E-state index contributed by atoms with van der Waals surface area (Å²) in [4.78, 5) is 7.94. The highest BCUT2D eigenvalue weighted by atomic mass is 15.0. The molecule has 1 aromatic heterocycles. The van der Waals surface area contributed by atoms with Gasteiger partial charge in [0.05, 0.1) is 17.6 Å². The fourth-order valence-corrected chi connectivity index (χ4v) is 2.23. The number of nitrogens with one attached hydrogen (secondary N) is 2. The molecule has 1 heterocycles. The third kappa shape index (κ3) is 3.33. The maximum atomic E-state index is 4.58. The molecule has 0 amide bonds. The molecule has 0 saturated heterocycles. The van der Waals surface area contributed by atoms with Crippen molar-refractivity contribution >= 4 is 11.0 Å². The van der Waals surface area contributed by atoms with Crippen LogP contribution < -0.4 is 5.32 Å². The van der Waals surface area contributed by atoms with Gasteiger partial charge in [0.15, 0.2) is 0 Å². The van der Waals surface area contributed by atoms with E-state index in [1.54, 1.807) is 0 Å². The zero-order valence-electron chi connectivity index (χ0n) is 11.4. The number of fused-ring (bicyclic) bond motifs is 1. The highest BCUT2D eigenvalue weighted by Gasteiger charge is 2.07. The van der Waals surface area contributed by atoms with Crippen LogP contribution in [0.4, 0.5) is 0 Å². The highest BCUT2D eigenvalue weighted by molar-refractivity contribution is 5.74. The van der Waals surface area contributed by atoms with Crippen LogP contribution in [0.3, 0.4) is 0 Å². The lowest BCUT2D eigenvalue weighted by Crippen LogP contribution is -2.28. The number of rotatable bonds is 7. The molecule has 0 aliphatic carbocycles. The monoisotopic (exact) mass is 245 g/mol. The Morgan fingerprint density at radius 2 is 2.11 bits per heavy atom. The van der Waals surface area contributed by atoms with Gasteiger partial charge in [-0.05, 0) is 25.0 Å². The van der Waals surface area contributed by atoms with Gasteiger partial charge in [0.1, 0.15) is 5.82 Å². The number of aromatic amines is 1. The molecular formula is C15H23N3. The second-order valence-electron chi connectivity index (χ2n) is 4.83. The number of unbranched alkanes of at least 4 members (excludes halogenated alkanes) is 1. The predicted octanol–water partition coefficient (Wildman–Crippen LogP) is 3.62. The lowest BCUT2D eigenvalue weighted by Gasteiger charge is -2.15. The molecule has 1 atom stereocenters. The summed E-state index contributed by atoms with van der Waals surface area (Å²) in [5.41, 5.74) is 2.17. The van der Waals surface area contributed by atoms with E-state index in [0.29, 0.717) is 6.04 Å².